The van der Waals surface area contributed by atoms with Crippen LogP contribution in [0.3, 0.4) is 0 Å². The van der Waals surface area contributed by atoms with E-state index in [0.717, 1.165) is 0 Å². The molecule has 0 saturated heterocycles. The van der Waals surface area contributed by atoms with E-state index in [9.17, 15) is 19.1 Å². The minimum atomic E-state index is -2.19. The third kappa shape index (κ3) is 3.45. The molecule has 0 bridgehead atoms. The zero-order chi connectivity index (χ0) is 16.3. The predicted molar refractivity (Wildman–Crippen MR) is 79.9 cm³/mol. The first-order valence-corrected chi connectivity index (χ1v) is 6.99. The summed E-state index contributed by atoms with van der Waals surface area (Å²) in [7, 11) is 0. The van der Waals surface area contributed by atoms with Crippen molar-refractivity contribution in [3.63, 3.8) is 0 Å². The molecule has 0 radical (unpaired) electrons. The van der Waals surface area contributed by atoms with Gasteiger partial charge in [0.1, 0.15) is 5.56 Å². The molecule has 0 spiro atoms. The van der Waals surface area contributed by atoms with Crippen molar-refractivity contribution in [2.45, 2.75) is 0 Å². The molecular formula is C13H10N2O6S. The first kappa shape index (κ1) is 15.6. The summed E-state index contributed by atoms with van der Waals surface area (Å²) >= 11 is -2.19. The Balaban J connectivity index is 2.40. The van der Waals surface area contributed by atoms with Crippen LogP contribution in [0.25, 0.3) is 11.1 Å². The fraction of sp³-hybridized carbons (Fsp3) is 0. The second-order valence-corrected chi connectivity index (χ2v) is 4.93. The molecule has 2 rings (SSSR count). The van der Waals surface area contributed by atoms with Gasteiger partial charge in [0.15, 0.2) is 0 Å². The van der Waals surface area contributed by atoms with Gasteiger partial charge in [0, 0.05) is 11.8 Å². The van der Waals surface area contributed by atoms with Crippen LogP contribution in [0.1, 0.15) is 10.4 Å². The first-order valence-electron chi connectivity index (χ1n) is 5.88. The molecule has 8 nitrogen and oxygen atoms in total. The highest BCUT2D eigenvalue weighted by Gasteiger charge is 2.20. The minimum absolute atomic E-state index is 0.386. The molecule has 0 aliphatic rings. The van der Waals surface area contributed by atoms with Crippen molar-refractivity contribution < 1.29 is 23.6 Å². The molecule has 0 saturated carbocycles. The Morgan fingerprint density at radius 3 is 2.23 bits per heavy atom. The lowest BCUT2D eigenvalue weighted by molar-refractivity contribution is -0.385. The number of hydrogen-bond donors (Lipinski definition) is 3. The highest BCUT2D eigenvalue weighted by Crippen LogP contribution is 2.28. The maximum Gasteiger partial charge on any atom is 0.342 e. The number of nitrogens with one attached hydrogen (secondary N) is 1. The number of carbonyl (C=O) groups is 1. The maximum absolute atomic E-state index is 11.0. The molecule has 9 heteroatoms. The monoisotopic (exact) mass is 322 g/mol. The number of benzene rings is 2. The smallest absolute Gasteiger partial charge is 0.342 e. The van der Waals surface area contributed by atoms with Crippen molar-refractivity contribution in [2.24, 2.45) is 0 Å². The lowest BCUT2D eigenvalue weighted by atomic mass is 10.0. The van der Waals surface area contributed by atoms with Gasteiger partial charge in [-0.1, -0.05) is 18.2 Å². The Hall–Kier alpha value is -2.78. The van der Waals surface area contributed by atoms with Gasteiger partial charge in [-0.2, -0.15) is 0 Å². The number of nitro benzene ring substituents is 1. The third-order valence-electron chi connectivity index (χ3n) is 2.85. The van der Waals surface area contributed by atoms with E-state index in [-0.39, 0.29) is 5.56 Å². The van der Waals surface area contributed by atoms with Gasteiger partial charge in [0.25, 0.3) is 17.0 Å². The molecule has 114 valence electrons. The molecule has 0 aliphatic heterocycles. The van der Waals surface area contributed by atoms with Crippen molar-refractivity contribution in [2.75, 3.05) is 4.72 Å². The highest BCUT2D eigenvalue weighted by molar-refractivity contribution is 7.80. The van der Waals surface area contributed by atoms with E-state index in [4.69, 9.17) is 9.66 Å². The number of carboxylic acids is 1. The van der Waals surface area contributed by atoms with Gasteiger partial charge < -0.3 is 5.11 Å². The summed E-state index contributed by atoms with van der Waals surface area (Å²) in [6.07, 6.45) is 0. The summed E-state index contributed by atoms with van der Waals surface area (Å²) in [5.41, 5.74) is 0.593. The van der Waals surface area contributed by atoms with E-state index >= 15 is 0 Å². The largest absolute Gasteiger partial charge is 0.477 e. The van der Waals surface area contributed by atoms with E-state index in [2.05, 4.69) is 4.72 Å². The van der Waals surface area contributed by atoms with Crippen molar-refractivity contribution in [3.8, 4) is 11.1 Å². The fourth-order valence-electron chi connectivity index (χ4n) is 1.87. The standard InChI is InChI=1S/C13H10N2O6S/c16-13(17)11-6-3-9(7-12(11)15(18)19)8-1-4-10(5-2-8)14-22(20)21/h1-7,14H,(H,16,17)(H,20,21). The summed E-state index contributed by atoms with van der Waals surface area (Å²) in [4.78, 5) is 21.2. The van der Waals surface area contributed by atoms with Crippen LogP contribution in [0.4, 0.5) is 11.4 Å². The lowest BCUT2D eigenvalue weighted by Gasteiger charge is -2.06. The number of nitro groups is 1. The van der Waals surface area contributed by atoms with E-state index in [1.54, 1.807) is 12.1 Å². The number of hydrogen-bond acceptors (Lipinski definition) is 4. The Labute approximate surface area is 127 Å². The summed E-state index contributed by atoms with van der Waals surface area (Å²) in [6, 6.07) is 10.0. The Morgan fingerprint density at radius 1 is 1.14 bits per heavy atom. The van der Waals surface area contributed by atoms with Crippen molar-refractivity contribution >= 4 is 28.6 Å². The summed E-state index contributed by atoms with van der Waals surface area (Å²) in [5, 5.41) is 19.9. The average molecular weight is 322 g/mol. The topological polar surface area (TPSA) is 130 Å². The minimum Gasteiger partial charge on any atom is -0.477 e. The van der Waals surface area contributed by atoms with E-state index in [1.165, 1.54) is 30.3 Å². The van der Waals surface area contributed by atoms with Crippen molar-refractivity contribution in [3.05, 3.63) is 58.1 Å². The quantitative estimate of drug-likeness (QED) is 0.440. The Kier molecular flexibility index (Phi) is 4.49. The van der Waals surface area contributed by atoms with Crippen LogP contribution in [0.2, 0.25) is 0 Å². The van der Waals surface area contributed by atoms with Crippen LogP contribution in [0, 0.1) is 10.1 Å². The number of carboxylic acid groups (broad SMARTS) is 1. The van der Waals surface area contributed by atoms with E-state index in [1.807, 2.05) is 0 Å². The molecular weight excluding hydrogens is 312 g/mol. The molecule has 1 unspecified atom stereocenters. The van der Waals surface area contributed by atoms with E-state index < -0.39 is 27.8 Å². The van der Waals surface area contributed by atoms with Crippen LogP contribution in [-0.2, 0) is 11.3 Å². The SMILES string of the molecule is O=C(O)c1ccc(-c2ccc(NS(=O)O)cc2)cc1[N+](=O)[O-]. The van der Waals surface area contributed by atoms with Gasteiger partial charge >= 0.3 is 5.97 Å². The molecule has 3 N–H and O–H groups in total. The summed E-state index contributed by atoms with van der Waals surface area (Å²) < 4.78 is 21.6. The van der Waals surface area contributed by atoms with Crippen LogP contribution in [0.15, 0.2) is 42.5 Å². The summed E-state index contributed by atoms with van der Waals surface area (Å²) in [5.74, 6) is -1.37. The molecule has 2 aromatic carbocycles. The molecule has 0 aliphatic carbocycles. The Bertz CT molecular complexity index is 760. The molecule has 0 fully saturated rings. The van der Waals surface area contributed by atoms with Gasteiger partial charge in [-0.25, -0.2) is 9.00 Å². The van der Waals surface area contributed by atoms with Crippen molar-refractivity contribution in [1.29, 1.82) is 0 Å². The van der Waals surface area contributed by atoms with Crippen LogP contribution in [-0.4, -0.2) is 24.8 Å². The highest BCUT2D eigenvalue weighted by atomic mass is 32.2. The van der Waals surface area contributed by atoms with Gasteiger partial charge in [0.2, 0.25) is 0 Å². The van der Waals surface area contributed by atoms with E-state index in [0.29, 0.717) is 16.8 Å². The zero-order valence-corrected chi connectivity index (χ0v) is 11.7. The van der Waals surface area contributed by atoms with Gasteiger partial charge in [0.05, 0.1) is 4.92 Å². The second kappa shape index (κ2) is 6.33. The maximum atomic E-state index is 11.0. The van der Waals surface area contributed by atoms with Gasteiger partial charge in [-0.15, -0.1) is 0 Å². The third-order valence-corrected chi connectivity index (χ3v) is 3.26. The Morgan fingerprint density at radius 2 is 1.73 bits per heavy atom. The molecule has 2 aromatic rings. The molecule has 0 heterocycles. The predicted octanol–water partition coefficient (Wildman–Crippen LogP) is 2.51. The molecule has 0 amide bonds. The van der Waals surface area contributed by atoms with Crippen LogP contribution in [0.5, 0.6) is 0 Å². The van der Waals surface area contributed by atoms with Gasteiger partial charge in [-0.05, 0) is 29.3 Å². The lowest BCUT2D eigenvalue weighted by Crippen LogP contribution is -2.03. The van der Waals surface area contributed by atoms with Crippen LogP contribution >= 0.6 is 0 Å². The normalized spacial score (nSPS) is 11.7. The van der Waals surface area contributed by atoms with Crippen LogP contribution < -0.4 is 4.72 Å². The zero-order valence-electron chi connectivity index (χ0n) is 10.9. The molecule has 22 heavy (non-hydrogen) atoms. The average Bonchev–Trinajstić information content (AvgIpc) is 2.46. The second-order valence-electron chi connectivity index (χ2n) is 4.22. The number of rotatable bonds is 5. The first-order chi connectivity index (χ1) is 10.4. The number of anilines is 1. The molecule has 1 atom stereocenters. The summed E-state index contributed by atoms with van der Waals surface area (Å²) in [6.45, 7) is 0. The fourth-order valence-corrected chi connectivity index (χ4v) is 2.21. The van der Waals surface area contributed by atoms with Crippen molar-refractivity contribution in [1.82, 2.24) is 0 Å². The molecule has 0 aromatic heterocycles. The number of nitrogens with zero attached hydrogens (tertiary/aromatic N) is 1. The van der Waals surface area contributed by atoms with Gasteiger partial charge in [-0.3, -0.25) is 19.4 Å². The number of aromatic carboxylic acids is 1.